The molecule has 0 N–H and O–H groups in total. The second kappa shape index (κ2) is 7.66. The van der Waals surface area contributed by atoms with Crippen LogP contribution in [0, 0.1) is 6.92 Å². The summed E-state index contributed by atoms with van der Waals surface area (Å²) >= 11 is 0. The van der Waals surface area contributed by atoms with Gasteiger partial charge < -0.3 is 4.74 Å². The average molecular weight is 370 g/mol. The minimum absolute atomic E-state index is 0.116. The lowest BCUT2D eigenvalue weighted by atomic mass is 10.0. The average Bonchev–Trinajstić information content (AvgIpc) is 2.63. The van der Waals surface area contributed by atoms with Crippen LogP contribution in [0.5, 0.6) is 5.75 Å². The normalized spacial score (nSPS) is 11.3. The Kier molecular flexibility index (Phi) is 5.31. The van der Waals surface area contributed by atoms with Crippen molar-refractivity contribution in [3.05, 3.63) is 89.5 Å². The van der Waals surface area contributed by atoms with E-state index in [-0.39, 0.29) is 11.3 Å². The molecular weight excluding hydrogens is 353 g/mol. The Hall–Kier alpha value is -3.08. The molecule has 0 aliphatic rings. The summed E-state index contributed by atoms with van der Waals surface area (Å²) in [4.78, 5) is 12.2. The Bertz CT molecular complexity index is 910. The van der Waals surface area contributed by atoms with Crippen LogP contribution in [0.25, 0.3) is 11.1 Å². The van der Waals surface area contributed by atoms with Crippen LogP contribution in [0.15, 0.2) is 72.8 Å². The molecule has 0 saturated heterocycles. The summed E-state index contributed by atoms with van der Waals surface area (Å²) in [5, 5.41) is 0. The Balaban J connectivity index is 1.66. The van der Waals surface area contributed by atoms with Gasteiger partial charge in [0.25, 0.3) is 0 Å². The molecule has 0 atom stereocenters. The molecule has 5 heteroatoms. The number of rotatable bonds is 4. The third-order valence-corrected chi connectivity index (χ3v) is 4.04. The van der Waals surface area contributed by atoms with Crippen LogP contribution < -0.4 is 4.74 Å². The van der Waals surface area contributed by atoms with Gasteiger partial charge in [-0.1, -0.05) is 54.1 Å². The minimum atomic E-state index is -4.27. The molecule has 0 aromatic heterocycles. The highest BCUT2D eigenvalue weighted by Crippen LogP contribution is 2.24. The van der Waals surface area contributed by atoms with E-state index in [1.807, 2.05) is 43.3 Å². The van der Waals surface area contributed by atoms with Crippen molar-refractivity contribution in [1.82, 2.24) is 0 Å². The first-order valence-electron chi connectivity index (χ1n) is 8.35. The summed E-state index contributed by atoms with van der Waals surface area (Å²) < 4.78 is 42.3. The van der Waals surface area contributed by atoms with E-state index >= 15 is 0 Å². The summed E-state index contributed by atoms with van der Waals surface area (Å²) in [5.74, 6) is -0.359. The molecule has 3 aromatic carbocycles. The Morgan fingerprint density at radius 3 is 1.85 bits per heavy atom. The highest BCUT2D eigenvalue weighted by molar-refractivity contribution is 5.91. The first-order chi connectivity index (χ1) is 12.8. The van der Waals surface area contributed by atoms with Crippen molar-refractivity contribution in [2.24, 2.45) is 0 Å². The Morgan fingerprint density at radius 1 is 0.815 bits per heavy atom. The number of carbonyl (C=O) groups excluding carboxylic acids is 1. The van der Waals surface area contributed by atoms with Gasteiger partial charge in [0.2, 0.25) is 0 Å². The fourth-order valence-corrected chi connectivity index (χ4v) is 2.62. The van der Waals surface area contributed by atoms with E-state index in [0.717, 1.165) is 11.1 Å². The minimum Gasteiger partial charge on any atom is -0.423 e. The maximum Gasteiger partial charge on any atom is 0.393 e. The van der Waals surface area contributed by atoms with Gasteiger partial charge in [0.1, 0.15) is 5.75 Å². The molecule has 0 radical (unpaired) electrons. The Labute approximate surface area is 155 Å². The van der Waals surface area contributed by atoms with Crippen molar-refractivity contribution in [3.63, 3.8) is 0 Å². The van der Waals surface area contributed by atoms with E-state index in [2.05, 4.69) is 0 Å². The van der Waals surface area contributed by atoms with Crippen molar-refractivity contribution < 1.29 is 22.7 Å². The monoisotopic (exact) mass is 370 g/mol. The summed E-state index contributed by atoms with van der Waals surface area (Å²) in [5.41, 5.74) is 3.67. The smallest absolute Gasteiger partial charge is 0.393 e. The van der Waals surface area contributed by atoms with Gasteiger partial charge >= 0.3 is 12.1 Å². The highest BCUT2D eigenvalue weighted by atomic mass is 19.4. The zero-order chi connectivity index (χ0) is 19.4. The maximum absolute atomic E-state index is 12.4. The molecule has 0 saturated carbocycles. The van der Waals surface area contributed by atoms with Crippen molar-refractivity contribution >= 4 is 5.97 Å². The zero-order valence-electron chi connectivity index (χ0n) is 14.6. The summed E-state index contributed by atoms with van der Waals surface area (Å²) in [6, 6.07) is 20.3. The van der Waals surface area contributed by atoms with Gasteiger partial charge in [0, 0.05) is 0 Å². The molecule has 0 fully saturated rings. The molecule has 27 heavy (non-hydrogen) atoms. The number of hydrogen-bond donors (Lipinski definition) is 0. The first kappa shape index (κ1) is 18.7. The van der Waals surface area contributed by atoms with Crippen molar-refractivity contribution in [2.75, 3.05) is 0 Å². The zero-order valence-corrected chi connectivity index (χ0v) is 14.6. The molecule has 0 bridgehead atoms. The van der Waals surface area contributed by atoms with Crippen LogP contribution in [0.2, 0.25) is 0 Å². The molecule has 0 spiro atoms. The molecule has 0 heterocycles. The highest BCUT2D eigenvalue weighted by Gasteiger charge is 2.27. The van der Waals surface area contributed by atoms with Crippen LogP contribution in [0.3, 0.4) is 0 Å². The number of ether oxygens (including phenoxy) is 1. The lowest BCUT2D eigenvalue weighted by molar-refractivity contribution is -0.127. The van der Waals surface area contributed by atoms with Crippen molar-refractivity contribution in [3.8, 4) is 16.9 Å². The predicted molar refractivity (Wildman–Crippen MR) is 97.8 cm³/mol. The van der Waals surface area contributed by atoms with Crippen molar-refractivity contribution in [1.29, 1.82) is 0 Å². The molecule has 3 rings (SSSR count). The second-order valence-corrected chi connectivity index (χ2v) is 6.27. The summed E-state index contributed by atoms with van der Waals surface area (Å²) in [6.45, 7) is 2.01. The van der Waals surface area contributed by atoms with Gasteiger partial charge in [-0.05, 0) is 47.9 Å². The molecule has 138 valence electrons. The van der Waals surface area contributed by atoms with Crippen LogP contribution in [-0.2, 0) is 6.42 Å². The topological polar surface area (TPSA) is 26.3 Å². The number of halogens is 3. The van der Waals surface area contributed by atoms with Crippen LogP contribution in [0.1, 0.15) is 21.5 Å². The number of hydrogen-bond acceptors (Lipinski definition) is 2. The van der Waals surface area contributed by atoms with Gasteiger partial charge in [0.05, 0.1) is 12.0 Å². The predicted octanol–water partition coefficient (Wildman–Crippen LogP) is 5.99. The standard InChI is InChI=1S/C22H17F3O2/c1-15-2-6-17(7-3-15)18-8-10-19(11-9-18)21(26)27-20-12-4-16(5-13-20)14-22(23,24)25/h2-13H,14H2,1H3. The molecule has 3 aromatic rings. The molecular formula is C22H17F3O2. The van der Waals surface area contributed by atoms with E-state index < -0.39 is 18.6 Å². The number of esters is 1. The molecule has 0 unspecified atom stereocenters. The SMILES string of the molecule is Cc1ccc(-c2ccc(C(=O)Oc3ccc(CC(F)(F)F)cc3)cc2)cc1. The molecule has 2 nitrogen and oxygen atoms in total. The van der Waals surface area contributed by atoms with Gasteiger partial charge in [-0.3, -0.25) is 0 Å². The largest absolute Gasteiger partial charge is 0.423 e. The summed E-state index contributed by atoms with van der Waals surface area (Å²) in [6.07, 6.45) is -5.28. The van der Waals surface area contributed by atoms with E-state index in [0.29, 0.717) is 5.56 Å². The second-order valence-electron chi connectivity index (χ2n) is 6.27. The first-order valence-corrected chi connectivity index (χ1v) is 8.35. The quantitative estimate of drug-likeness (QED) is 0.417. The van der Waals surface area contributed by atoms with Crippen LogP contribution in [-0.4, -0.2) is 12.1 Å². The van der Waals surface area contributed by atoms with Crippen molar-refractivity contribution in [2.45, 2.75) is 19.5 Å². The fourth-order valence-electron chi connectivity index (χ4n) is 2.62. The lowest BCUT2D eigenvalue weighted by Crippen LogP contribution is -2.11. The number of carbonyl (C=O) groups is 1. The molecule has 0 aliphatic heterocycles. The summed E-state index contributed by atoms with van der Waals surface area (Å²) in [7, 11) is 0. The van der Waals surface area contributed by atoms with E-state index in [1.165, 1.54) is 29.8 Å². The van der Waals surface area contributed by atoms with E-state index in [1.54, 1.807) is 12.1 Å². The molecule has 0 amide bonds. The lowest BCUT2D eigenvalue weighted by Gasteiger charge is -2.08. The van der Waals surface area contributed by atoms with Gasteiger partial charge in [-0.25, -0.2) is 4.79 Å². The number of benzene rings is 3. The van der Waals surface area contributed by atoms with Crippen LogP contribution >= 0.6 is 0 Å². The Morgan fingerprint density at radius 2 is 1.33 bits per heavy atom. The fraction of sp³-hybridized carbons (Fsp3) is 0.136. The molecule has 0 aliphatic carbocycles. The van der Waals surface area contributed by atoms with E-state index in [9.17, 15) is 18.0 Å². The van der Waals surface area contributed by atoms with Gasteiger partial charge in [0.15, 0.2) is 0 Å². The third kappa shape index (κ3) is 5.20. The van der Waals surface area contributed by atoms with Crippen LogP contribution in [0.4, 0.5) is 13.2 Å². The van der Waals surface area contributed by atoms with Gasteiger partial charge in [-0.2, -0.15) is 13.2 Å². The maximum atomic E-state index is 12.4. The number of alkyl halides is 3. The third-order valence-electron chi connectivity index (χ3n) is 4.04. The van der Waals surface area contributed by atoms with E-state index in [4.69, 9.17) is 4.74 Å². The number of aryl methyl sites for hydroxylation is 1. The van der Waals surface area contributed by atoms with Gasteiger partial charge in [-0.15, -0.1) is 0 Å².